The van der Waals surface area contributed by atoms with Crippen LogP contribution < -0.4 is 5.32 Å². The number of benzene rings is 1. The minimum Gasteiger partial charge on any atom is -0.450 e. The second-order valence-electron chi connectivity index (χ2n) is 3.89. The Bertz CT molecular complexity index is 422. The van der Waals surface area contributed by atoms with Gasteiger partial charge in [0.15, 0.2) is 5.78 Å². The van der Waals surface area contributed by atoms with E-state index >= 15 is 0 Å². The van der Waals surface area contributed by atoms with Gasteiger partial charge in [0.05, 0.1) is 11.9 Å². The summed E-state index contributed by atoms with van der Waals surface area (Å²) in [6, 6.07) is 9.09. The molecule has 1 atom stereocenters. The largest absolute Gasteiger partial charge is 0.450 e. The summed E-state index contributed by atoms with van der Waals surface area (Å²) in [5, 5.41) is 2.78. The Morgan fingerprint density at radius 1 is 1.33 bits per heavy atom. The predicted molar refractivity (Wildman–Crippen MR) is 72.8 cm³/mol. The summed E-state index contributed by atoms with van der Waals surface area (Å²) in [4.78, 5) is 23.6. The summed E-state index contributed by atoms with van der Waals surface area (Å²) >= 11 is 3.14. The standard InChI is InChI=1S/C13H16BrNO3/c1-3-18-12(17)15-13(2,11(16)9-14)10-7-5-4-6-8-10/h4-8H,3,9H2,1-2H3,(H,15,17). The number of hydrogen-bond acceptors (Lipinski definition) is 3. The minimum atomic E-state index is -1.09. The van der Waals surface area contributed by atoms with Crippen LogP contribution in [0.4, 0.5) is 4.79 Å². The minimum absolute atomic E-state index is 0.137. The molecule has 0 aliphatic carbocycles. The molecule has 1 unspecified atom stereocenters. The lowest BCUT2D eigenvalue weighted by Crippen LogP contribution is -2.50. The number of rotatable bonds is 5. The van der Waals surface area contributed by atoms with Crippen LogP contribution in [0.1, 0.15) is 19.4 Å². The number of halogens is 1. The van der Waals surface area contributed by atoms with Crippen molar-refractivity contribution in [2.45, 2.75) is 19.4 Å². The second-order valence-corrected chi connectivity index (χ2v) is 4.45. The first-order valence-corrected chi connectivity index (χ1v) is 6.76. The molecule has 0 fully saturated rings. The number of ether oxygens (including phenoxy) is 1. The molecule has 0 radical (unpaired) electrons. The van der Waals surface area contributed by atoms with E-state index in [1.807, 2.05) is 18.2 Å². The summed E-state index contributed by atoms with van der Waals surface area (Å²) in [5.41, 5.74) is -0.362. The zero-order chi connectivity index (χ0) is 13.6. The van der Waals surface area contributed by atoms with E-state index in [4.69, 9.17) is 4.74 Å². The molecular weight excluding hydrogens is 298 g/mol. The van der Waals surface area contributed by atoms with Crippen LogP contribution in [0.5, 0.6) is 0 Å². The van der Waals surface area contributed by atoms with E-state index in [1.165, 1.54) is 0 Å². The molecule has 1 aromatic rings. The van der Waals surface area contributed by atoms with Crippen molar-refractivity contribution in [1.29, 1.82) is 0 Å². The number of alkyl halides is 1. The van der Waals surface area contributed by atoms with Crippen LogP contribution in [-0.2, 0) is 15.1 Å². The number of ketones is 1. The van der Waals surface area contributed by atoms with Crippen LogP contribution >= 0.6 is 15.9 Å². The highest BCUT2D eigenvalue weighted by molar-refractivity contribution is 9.09. The van der Waals surface area contributed by atoms with Crippen molar-refractivity contribution in [2.75, 3.05) is 11.9 Å². The Kier molecular flexibility index (Phi) is 5.34. The van der Waals surface area contributed by atoms with Crippen molar-refractivity contribution in [1.82, 2.24) is 5.32 Å². The van der Waals surface area contributed by atoms with E-state index in [0.29, 0.717) is 0 Å². The van der Waals surface area contributed by atoms with Crippen LogP contribution in [0, 0.1) is 0 Å². The number of Topliss-reactive ketones (excluding diaryl/α,β-unsaturated/α-hetero) is 1. The average Bonchev–Trinajstić information content (AvgIpc) is 2.38. The maximum absolute atomic E-state index is 12.1. The van der Waals surface area contributed by atoms with E-state index in [-0.39, 0.29) is 17.7 Å². The van der Waals surface area contributed by atoms with Gasteiger partial charge in [-0.25, -0.2) is 4.79 Å². The third-order valence-electron chi connectivity index (χ3n) is 2.66. The van der Waals surface area contributed by atoms with Crippen molar-refractivity contribution >= 4 is 27.8 Å². The molecule has 0 saturated carbocycles. The Morgan fingerprint density at radius 3 is 2.44 bits per heavy atom. The fourth-order valence-electron chi connectivity index (χ4n) is 1.58. The number of nitrogens with one attached hydrogen (secondary N) is 1. The van der Waals surface area contributed by atoms with Crippen LogP contribution in [0.15, 0.2) is 30.3 Å². The van der Waals surface area contributed by atoms with E-state index in [2.05, 4.69) is 21.2 Å². The number of carbonyl (C=O) groups excluding carboxylic acids is 2. The van der Waals surface area contributed by atoms with Gasteiger partial charge in [0.1, 0.15) is 5.54 Å². The van der Waals surface area contributed by atoms with Crippen molar-refractivity contribution < 1.29 is 14.3 Å². The second kappa shape index (κ2) is 6.54. The molecule has 1 aromatic carbocycles. The molecule has 0 spiro atoms. The quantitative estimate of drug-likeness (QED) is 0.850. The monoisotopic (exact) mass is 313 g/mol. The molecule has 1 amide bonds. The molecule has 0 bridgehead atoms. The maximum Gasteiger partial charge on any atom is 0.408 e. The van der Waals surface area contributed by atoms with Gasteiger partial charge >= 0.3 is 6.09 Å². The Hall–Kier alpha value is -1.36. The summed E-state index contributed by atoms with van der Waals surface area (Å²) in [7, 11) is 0. The van der Waals surface area contributed by atoms with Gasteiger partial charge in [-0.15, -0.1) is 0 Å². The average molecular weight is 314 g/mol. The Labute approximate surface area is 115 Å². The lowest BCUT2D eigenvalue weighted by atomic mass is 9.88. The van der Waals surface area contributed by atoms with E-state index in [1.54, 1.807) is 26.0 Å². The zero-order valence-corrected chi connectivity index (χ0v) is 12.0. The molecule has 0 aliphatic rings. The summed E-state index contributed by atoms with van der Waals surface area (Å²) in [6.45, 7) is 3.65. The molecule has 0 aliphatic heterocycles. The SMILES string of the molecule is CCOC(=O)NC(C)(C(=O)CBr)c1ccccc1. The van der Waals surface area contributed by atoms with Crippen LogP contribution in [0.3, 0.4) is 0 Å². The topological polar surface area (TPSA) is 55.4 Å². The first-order chi connectivity index (χ1) is 8.54. The highest BCUT2D eigenvalue weighted by Gasteiger charge is 2.36. The molecule has 98 valence electrons. The van der Waals surface area contributed by atoms with Crippen molar-refractivity contribution in [3.05, 3.63) is 35.9 Å². The smallest absolute Gasteiger partial charge is 0.408 e. The van der Waals surface area contributed by atoms with Gasteiger partial charge in [0.2, 0.25) is 0 Å². The van der Waals surface area contributed by atoms with Crippen molar-refractivity contribution in [3.8, 4) is 0 Å². The third-order valence-corrected chi connectivity index (χ3v) is 3.17. The molecular formula is C13H16BrNO3. The van der Waals surface area contributed by atoms with E-state index in [0.717, 1.165) is 5.56 Å². The molecule has 0 saturated heterocycles. The van der Waals surface area contributed by atoms with E-state index < -0.39 is 11.6 Å². The summed E-state index contributed by atoms with van der Waals surface area (Å²) < 4.78 is 4.84. The van der Waals surface area contributed by atoms with Gasteiger partial charge < -0.3 is 10.1 Å². The lowest BCUT2D eigenvalue weighted by Gasteiger charge is -2.28. The molecule has 0 aromatic heterocycles. The lowest BCUT2D eigenvalue weighted by molar-refractivity contribution is -0.122. The van der Waals surface area contributed by atoms with Gasteiger partial charge in [-0.2, -0.15) is 0 Å². The number of carbonyl (C=O) groups is 2. The highest BCUT2D eigenvalue weighted by Crippen LogP contribution is 2.22. The van der Waals surface area contributed by atoms with Gasteiger partial charge in [0, 0.05) is 0 Å². The van der Waals surface area contributed by atoms with Gasteiger partial charge in [-0.3, -0.25) is 4.79 Å². The fourth-order valence-corrected chi connectivity index (χ4v) is 2.14. The molecule has 1 rings (SSSR count). The van der Waals surface area contributed by atoms with Crippen LogP contribution in [0.25, 0.3) is 0 Å². The van der Waals surface area contributed by atoms with E-state index in [9.17, 15) is 9.59 Å². The first-order valence-electron chi connectivity index (χ1n) is 5.64. The Morgan fingerprint density at radius 2 is 1.94 bits per heavy atom. The molecule has 4 nitrogen and oxygen atoms in total. The predicted octanol–water partition coefficient (Wildman–Crippen LogP) is 2.61. The van der Waals surface area contributed by atoms with Crippen LogP contribution in [0.2, 0.25) is 0 Å². The third kappa shape index (κ3) is 3.32. The normalized spacial score (nSPS) is 13.5. The van der Waals surface area contributed by atoms with Crippen molar-refractivity contribution in [3.63, 3.8) is 0 Å². The molecule has 1 N–H and O–H groups in total. The van der Waals surface area contributed by atoms with Crippen LogP contribution in [-0.4, -0.2) is 23.8 Å². The zero-order valence-electron chi connectivity index (χ0n) is 10.4. The number of alkyl carbamates (subject to hydrolysis) is 1. The highest BCUT2D eigenvalue weighted by atomic mass is 79.9. The van der Waals surface area contributed by atoms with Gasteiger partial charge in [-0.1, -0.05) is 46.3 Å². The van der Waals surface area contributed by atoms with Gasteiger partial charge in [0.25, 0.3) is 0 Å². The number of hydrogen-bond donors (Lipinski definition) is 1. The molecule has 0 heterocycles. The fraction of sp³-hybridized carbons (Fsp3) is 0.385. The summed E-state index contributed by atoms with van der Waals surface area (Å²) in [5.74, 6) is -0.137. The maximum atomic E-state index is 12.1. The first kappa shape index (κ1) is 14.7. The molecule has 18 heavy (non-hydrogen) atoms. The molecule has 5 heteroatoms. The van der Waals surface area contributed by atoms with Gasteiger partial charge in [-0.05, 0) is 19.4 Å². The number of amides is 1. The van der Waals surface area contributed by atoms with Crippen molar-refractivity contribution in [2.24, 2.45) is 0 Å². The Balaban J connectivity index is 3.04. The summed E-state index contributed by atoms with van der Waals surface area (Å²) in [6.07, 6.45) is -0.599.